The number of carbonyl (C=O) groups is 2. The molecule has 0 aromatic heterocycles. The van der Waals surface area contributed by atoms with Gasteiger partial charge in [-0.1, -0.05) is 13.8 Å². The Morgan fingerprint density at radius 1 is 0.900 bits per heavy atom. The van der Waals surface area contributed by atoms with Gasteiger partial charge in [-0.2, -0.15) is 0 Å². The maximum atomic E-state index is 11.8. The van der Waals surface area contributed by atoms with E-state index in [2.05, 4.69) is 31.9 Å². The maximum absolute atomic E-state index is 11.8. The molecular formula is C14H16Br2O4. The fourth-order valence-electron chi connectivity index (χ4n) is 1.40. The topological polar surface area (TPSA) is 52.6 Å². The summed E-state index contributed by atoms with van der Waals surface area (Å²) in [4.78, 5) is 23.7. The van der Waals surface area contributed by atoms with Crippen LogP contribution in [0.4, 0.5) is 0 Å². The molecule has 0 N–H and O–H groups in total. The second-order valence-corrected chi connectivity index (χ2v) is 5.79. The normalized spacial score (nSPS) is 10.2. The van der Waals surface area contributed by atoms with Gasteiger partial charge < -0.3 is 9.47 Å². The number of carbonyl (C=O) groups excluding carboxylic acids is 2. The van der Waals surface area contributed by atoms with Crippen molar-refractivity contribution in [1.29, 1.82) is 0 Å². The molecule has 0 aliphatic heterocycles. The molecule has 0 spiro atoms. The summed E-state index contributed by atoms with van der Waals surface area (Å²) in [6, 6.07) is 3.12. The van der Waals surface area contributed by atoms with Crippen LogP contribution in [0.3, 0.4) is 0 Å². The molecule has 0 unspecified atom stereocenters. The number of hydrogen-bond acceptors (Lipinski definition) is 4. The third kappa shape index (κ3) is 4.59. The van der Waals surface area contributed by atoms with E-state index in [-0.39, 0.29) is 0 Å². The van der Waals surface area contributed by atoms with Crippen LogP contribution in [-0.4, -0.2) is 25.2 Å². The number of hydrogen-bond donors (Lipinski definition) is 0. The molecule has 0 amide bonds. The maximum Gasteiger partial charge on any atom is 0.339 e. The van der Waals surface area contributed by atoms with Gasteiger partial charge in [-0.15, -0.1) is 0 Å². The smallest absolute Gasteiger partial charge is 0.339 e. The van der Waals surface area contributed by atoms with Crippen LogP contribution < -0.4 is 0 Å². The first-order valence-electron chi connectivity index (χ1n) is 6.34. The fraction of sp³-hybridized carbons (Fsp3) is 0.429. The molecule has 110 valence electrons. The van der Waals surface area contributed by atoms with E-state index in [9.17, 15) is 9.59 Å². The third-order valence-corrected chi connectivity index (χ3v) is 3.68. The second-order valence-electron chi connectivity index (χ2n) is 4.08. The van der Waals surface area contributed by atoms with E-state index in [1.165, 1.54) is 0 Å². The number of ether oxygens (including phenoxy) is 2. The molecule has 4 nitrogen and oxygen atoms in total. The number of benzene rings is 1. The highest BCUT2D eigenvalue weighted by Gasteiger charge is 2.18. The Hall–Kier alpha value is -0.880. The molecule has 1 aromatic rings. The molecule has 0 aliphatic rings. The van der Waals surface area contributed by atoms with Crippen LogP contribution in [-0.2, 0) is 9.47 Å². The van der Waals surface area contributed by atoms with Crippen molar-refractivity contribution in [3.05, 3.63) is 32.2 Å². The molecular weight excluding hydrogens is 392 g/mol. The summed E-state index contributed by atoms with van der Waals surface area (Å²) in [6.07, 6.45) is 1.51. The highest BCUT2D eigenvalue weighted by atomic mass is 79.9. The van der Waals surface area contributed by atoms with Gasteiger partial charge in [0.2, 0.25) is 0 Å². The number of esters is 2. The zero-order valence-corrected chi connectivity index (χ0v) is 14.5. The van der Waals surface area contributed by atoms with E-state index in [0.29, 0.717) is 33.3 Å². The first-order chi connectivity index (χ1) is 9.51. The SMILES string of the molecule is CCCOC(=O)c1cc(Br)c(C(=O)OCCC)cc1Br. The summed E-state index contributed by atoms with van der Waals surface area (Å²) < 4.78 is 11.2. The van der Waals surface area contributed by atoms with Gasteiger partial charge in [0.15, 0.2) is 0 Å². The Kier molecular flexibility index (Phi) is 7.23. The fourth-order valence-corrected chi connectivity index (χ4v) is 2.42. The molecule has 1 rings (SSSR count). The molecule has 1 aromatic carbocycles. The van der Waals surface area contributed by atoms with Gasteiger partial charge in [-0.05, 0) is 56.8 Å². The lowest BCUT2D eigenvalue weighted by Gasteiger charge is -2.10. The zero-order chi connectivity index (χ0) is 15.1. The molecule has 0 fully saturated rings. The van der Waals surface area contributed by atoms with E-state index in [4.69, 9.17) is 9.47 Å². The Labute approximate surface area is 135 Å². The van der Waals surface area contributed by atoms with E-state index in [0.717, 1.165) is 12.8 Å². The van der Waals surface area contributed by atoms with Crippen molar-refractivity contribution in [2.75, 3.05) is 13.2 Å². The van der Waals surface area contributed by atoms with Crippen molar-refractivity contribution in [1.82, 2.24) is 0 Å². The van der Waals surface area contributed by atoms with Gasteiger partial charge in [-0.25, -0.2) is 9.59 Å². The van der Waals surface area contributed by atoms with E-state index >= 15 is 0 Å². The monoisotopic (exact) mass is 406 g/mol. The average molecular weight is 408 g/mol. The van der Waals surface area contributed by atoms with Crippen LogP contribution in [0.25, 0.3) is 0 Å². The van der Waals surface area contributed by atoms with Crippen molar-refractivity contribution in [3.8, 4) is 0 Å². The average Bonchev–Trinajstić information content (AvgIpc) is 2.44. The quantitative estimate of drug-likeness (QED) is 0.658. The Balaban J connectivity index is 2.96. The molecule has 6 heteroatoms. The van der Waals surface area contributed by atoms with Crippen LogP contribution >= 0.6 is 31.9 Å². The standard InChI is InChI=1S/C14H16Br2O4/c1-3-5-19-13(17)9-7-12(16)10(8-11(9)15)14(18)20-6-4-2/h7-8H,3-6H2,1-2H3. The first-order valence-corrected chi connectivity index (χ1v) is 7.93. The lowest BCUT2D eigenvalue weighted by Crippen LogP contribution is -2.10. The number of rotatable bonds is 6. The molecule has 0 aliphatic carbocycles. The van der Waals surface area contributed by atoms with E-state index in [1.54, 1.807) is 12.1 Å². The molecule has 0 bridgehead atoms. The van der Waals surface area contributed by atoms with Crippen LogP contribution in [0, 0.1) is 0 Å². The summed E-state index contributed by atoms with van der Waals surface area (Å²) in [5.74, 6) is -0.846. The predicted molar refractivity (Wildman–Crippen MR) is 83.0 cm³/mol. The Morgan fingerprint density at radius 3 is 1.55 bits per heavy atom. The summed E-state index contributed by atoms with van der Waals surface area (Å²) >= 11 is 6.56. The molecule has 0 saturated carbocycles. The Morgan fingerprint density at radius 2 is 1.25 bits per heavy atom. The van der Waals surface area contributed by atoms with Crippen molar-refractivity contribution >= 4 is 43.8 Å². The highest BCUT2D eigenvalue weighted by Crippen LogP contribution is 2.27. The lowest BCUT2D eigenvalue weighted by molar-refractivity contribution is 0.0489. The molecule has 0 heterocycles. The summed E-state index contributed by atoms with van der Waals surface area (Å²) in [7, 11) is 0. The van der Waals surface area contributed by atoms with Gasteiger partial charge in [0.05, 0.1) is 24.3 Å². The highest BCUT2D eigenvalue weighted by molar-refractivity contribution is 9.11. The van der Waals surface area contributed by atoms with Gasteiger partial charge >= 0.3 is 11.9 Å². The molecule has 0 saturated heterocycles. The van der Waals surface area contributed by atoms with Gasteiger partial charge in [-0.3, -0.25) is 0 Å². The first kappa shape index (κ1) is 17.2. The van der Waals surface area contributed by atoms with Gasteiger partial charge in [0.25, 0.3) is 0 Å². The minimum atomic E-state index is -0.423. The van der Waals surface area contributed by atoms with Crippen molar-refractivity contribution < 1.29 is 19.1 Å². The van der Waals surface area contributed by atoms with Crippen LogP contribution in [0.1, 0.15) is 47.4 Å². The van der Waals surface area contributed by atoms with Gasteiger partial charge in [0.1, 0.15) is 0 Å². The molecule has 0 atom stereocenters. The van der Waals surface area contributed by atoms with Crippen molar-refractivity contribution in [2.24, 2.45) is 0 Å². The summed E-state index contributed by atoms with van der Waals surface area (Å²) in [5, 5.41) is 0. The van der Waals surface area contributed by atoms with Crippen LogP contribution in [0.2, 0.25) is 0 Å². The largest absolute Gasteiger partial charge is 0.462 e. The minimum absolute atomic E-state index is 0.364. The van der Waals surface area contributed by atoms with Crippen molar-refractivity contribution in [3.63, 3.8) is 0 Å². The summed E-state index contributed by atoms with van der Waals surface area (Å²) in [6.45, 7) is 4.57. The zero-order valence-electron chi connectivity index (χ0n) is 11.4. The van der Waals surface area contributed by atoms with E-state index < -0.39 is 11.9 Å². The predicted octanol–water partition coefficient (Wildman–Crippen LogP) is 4.35. The third-order valence-electron chi connectivity index (χ3n) is 2.37. The number of halogens is 2. The van der Waals surface area contributed by atoms with Crippen molar-refractivity contribution in [2.45, 2.75) is 26.7 Å². The molecule has 0 radical (unpaired) electrons. The van der Waals surface area contributed by atoms with Crippen LogP contribution in [0.5, 0.6) is 0 Å². The second kappa shape index (κ2) is 8.42. The molecule has 20 heavy (non-hydrogen) atoms. The van der Waals surface area contributed by atoms with Gasteiger partial charge in [0, 0.05) is 8.95 Å². The Bertz CT molecular complexity index is 454. The van der Waals surface area contributed by atoms with E-state index in [1.807, 2.05) is 13.8 Å². The minimum Gasteiger partial charge on any atom is -0.462 e. The summed E-state index contributed by atoms with van der Waals surface area (Å²) in [5.41, 5.74) is 0.745. The lowest BCUT2D eigenvalue weighted by atomic mass is 10.1. The van der Waals surface area contributed by atoms with Crippen LogP contribution in [0.15, 0.2) is 21.1 Å².